The molecule has 0 aliphatic heterocycles. The lowest BCUT2D eigenvalue weighted by molar-refractivity contribution is 0.307. The van der Waals surface area contributed by atoms with Gasteiger partial charge in [-0.2, -0.15) is 0 Å². The number of benzene rings is 2. The van der Waals surface area contributed by atoms with Gasteiger partial charge >= 0.3 is 0 Å². The summed E-state index contributed by atoms with van der Waals surface area (Å²) in [5, 5.41) is 9.40. The average molecular weight is 483 g/mol. The molecule has 1 N–H and O–H groups in total. The van der Waals surface area contributed by atoms with Crippen molar-refractivity contribution in [2.24, 2.45) is 5.92 Å². The van der Waals surface area contributed by atoms with Crippen LogP contribution < -0.4 is 0 Å². The molecule has 0 unspecified atom stereocenters. The van der Waals surface area contributed by atoms with Gasteiger partial charge in [0.15, 0.2) is 11.6 Å². The van der Waals surface area contributed by atoms with Crippen LogP contribution in [0.1, 0.15) is 44.1 Å². The predicted molar refractivity (Wildman–Crippen MR) is 138 cm³/mol. The first-order chi connectivity index (χ1) is 16.7. The molecule has 1 aliphatic rings. The Bertz CT molecular complexity index is 1090. The van der Waals surface area contributed by atoms with Gasteiger partial charge in [0.25, 0.3) is 0 Å². The zero-order valence-electron chi connectivity index (χ0n) is 20.4. The van der Waals surface area contributed by atoms with Crippen molar-refractivity contribution in [2.75, 3.05) is 7.11 Å². The first-order valence-electron chi connectivity index (χ1n) is 11.5. The molecule has 1 fully saturated rings. The number of hydrogen-bond donors (Lipinski definition) is 1. The maximum atomic E-state index is 14.9. The van der Waals surface area contributed by atoms with Gasteiger partial charge < -0.3 is 9.84 Å². The summed E-state index contributed by atoms with van der Waals surface area (Å²) >= 11 is 0. The highest BCUT2D eigenvalue weighted by Crippen LogP contribution is 2.39. The normalized spacial score (nSPS) is 17.9. The van der Waals surface area contributed by atoms with E-state index in [2.05, 4.69) is 19.7 Å². The van der Waals surface area contributed by atoms with E-state index in [4.69, 9.17) is 4.74 Å². The summed E-state index contributed by atoms with van der Waals surface area (Å²) in [6, 6.07) is 9.26. The van der Waals surface area contributed by atoms with Gasteiger partial charge in [0, 0.05) is 17.2 Å². The molecule has 186 valence electrons. The third kappa shape index (κ3) is 7.78. The molecule has 0 atom stereocenters. The van der Waals surface area contributed by atoms with E-state index in [1.165, 1.54) is 25.3 Å². The summed E-state index contributed by atoms with van der Waals surface area (Å²) in [5.74, 6) is -1.74. The molecule has 1 saturated carbocycles. The molecule has 2 aromatic rings. The van der Waals surface area contributed by atoms with Gasteiger partial charge in [-0.1, -0.05) is 55.7 Å². The fourth-order valence-electron chi connectivity index (χ4n) is 3.99. The van der Waals surface area contributed by atoms with Crippen LogP contribution in [0.15, 0.2) is 97.6 Å². The largest absolute Gasteiger partial charge is 0.508 e. The number of ether oxygens (including phenoxy) is 1. The predicted octanol–water partition coefficient (Wildman–Crippen LogP) is 8.93. The first-order valence-corrected chi connectivity index (χ1v) is 11.5. The fraction of sp³-hybridized carbons (Fsp3) is 0.267. The minimum absolute atomic E-state index is 0.0621. The molecular weight excluding hydrogens is 449 g/mol. The molecule has 0 aromatic heterocycles. The van der Waals surface area contributed by atoms with Gasteiger partial charge in [-0.25, -0.2) is 13.2 Å². The van der Waals surface area contributed by atoms with Crippen LogP contribution in [0.4, 0.5) is 13.2 Å². The smallest absolute Gasteiger partial charge is 0.166 e. The number of hydrogen-bond acceptors (Lipinski definition) is 2. The van der Waals surface area contributed by atoms with Gasteiger partial charge in [0.2, 0.25) is 0 Å². The highest BCUT2D eigenvalue weighted by molar-refractivity contribution is 5.65. The molecule has 2 aromatic carbocycles. The SMILES string of the molecule is C=C(/C=C(/F)C(=C)/C=C/C1CCC(c2ccc(-c3ccc(O)cc3)c(F)c2F)CC1)OC.C=CC. The van der Waals surface area contributed by atoms with Gasteiger partial charge in [0.05, 0.1) is 7.11 Å². The highest BCUT2D eigenvalue weighted by atomic mass is 19.2. The van der Waals surface area contributed by atoms with Gasteiger partial charge in [-0.15, -0.1) is 6.58 Å². The number of phenols is 1. The van der Waals surface area contributed by atoms with Crippen molar-refractivity contribution in [2.45, 2.75) is 38.5 Å². The Morgan fingerprint density at radius 2 is 1.60 bits per heavy atom. The number of allylic oxidation sites excluding steroid dienone is 6. The second kappa shape index (κ2) is 13.4. The lowest BCUT2D eigenvalue weighted by Gasteiger charge is -2.27. The van der Waals surface area contributed by atoms with Crippen molar-refractivity contribution in [3.05, 3.63) is 115 Å². The summed E-state index contributed by atoms with van der Waals surface area (Å²) in [7, 11) is 1.42. The van der Waals surface area contributed by atoms with E-state index >= 15 is 0 Å². The maximum Gasteiger partial charge on any atom is 0.166 e. The van der Waals surface area contributed by atoms with E-state index < -0.39 is 17.5 Å². The molecule has 2 nitrogen and oxygen atoms in total. The molecule has 3 rings (SSSR count). The summed E-state index contributed by atoms with van der Waals surface area (Å²) in [4.78, 5) is 0. The highest BCUT2D eigenvalue weighted by Gasteiger charge is 2.25. The lowest BCUT2D eigenvalue weighted by atomic mass is 9.78. The van der Waals surface area contributed by atoms with Gasteiger partial charge in [-0.05, 0) is 67.7 Å². The third-order valence-electron chi connectivity index (χ3n) is 5.93. The van der Waals surface area contributed by atoms with Crippen molar-refractivity contribution < 1.29 is 23.0 Å². The van der Waals surface area contributed by atoms with Crippen LogP contribution in [0, 0.1) is 17.6 Å². The van der Waals surface area contributed by atoms with E-state index in [0.29, 0.717) is 11.1 Å². The average Bonchev–Trinajstić information content (AvgIpc) is 2.85. The summed E-state index contributed by atoms with van der Waals surface area (Å²) in [6.45, 7) is 12.5. The number of aromatic hydroxyl groups is 1. The minimum atomic E-state index is -0.869. The molecule has 0 saturated heterocycles. The quantitative estimate of drug-likeness (QED) is 0.242. The molecule has 0 heterocycles. The molecule has 5 heteroatoms. The van der Waals surface area contributed by atoms with E-state index in [1.807, 2.05) is 13.0 Å². The molecule has 0 spiro atoms. The summed E-state index contributed by atoms with van der Waals surface area (Å²) < 4.78 is 48.5. The Morgan fingerprint density at radius 3 is 2.17 bits per heavy atom. The van der Waals surface area contributed by atoms with Crippen molar-refractivity contribution >= 4 is 0 Å². The van der Waals surface area contributed by atoms with Crippen LogP contribution in [0.25, 0.3) is 11.1 Å². The van der Waals surface area contributed by atoms with E-state index in [0.717, 1.165) is 25.7 Å². The fourth-order valence-corrected chi connectivity index (χ4v) is 3.99. The van der Waals surface area contributed by atoms with Crippen LogP contribution >= 0.6 is 0 Å². The van der Waals surface area contributed by atoms with Crippen LogP contribution in [0.3, 0.4) is 0 Å². The summed E-state index contributed by atoms with van der Waals surface area (Å²) in [5.41, 5.74) is 1.31. The van der Waals surface area contributed by atoms with Crippen LogP contribution in [0.5, 0.6) is 5.75 Å². The molecule has 0 amide bonds. The Hall–Kier alpha value is -3.47. The molecule has 0 bridgehead atoms. The number of phenolic OH excluding ortho intramolecular Hbond substituents is 1. The van der Waals surface area contributed by atoms with E-state index in [1.54, 1.807) is 36.4 Å². The number of halogens is 3. The minimum Gasteiger partial charge on any atom is -0.508 e. The van der Waals surface area contributed by atoms with Gasteiger partial charge in [0.1, 0.15) is 17.3 Å². The second-order valence-corrected chi connectivity index (χ2v) is 8.44. The molecule has 0 radical (unpaired) electrons. The van der Waals surface area contributed by atoms with Crippen molar-refractivity contribution in [3.63, 3.8) is 0 Å². The van der Waals surface area contributed by atoms with E-state index in [9.17, 15) is 18.3 Å². The number of rotatable bonds is 7. The Balaban J connectivity index is 0.00000137. The van der Waals surface area contributed by atoms with Crippen molar-refractivity contribution in [1.82, 2.24) is 0 Å². The van der Waals surface area contributed by atoms with Crippen LogP contribution in [-0.2, 0) is 4.74 Å². The van der Waals surface area contributed by atoms with Gasteiger partial charge in [-0.3, -0.25) is 0 Å². The molecule has 35 heavy (non-hydrogen) atoms. The zero-order chi connectivity index (χ0) is 26.0. The lowest BCUT2D eigenvalue weighted by Crippen LogP contribution is -2.13. The Morgan fingerprint density at radius 1 is 1.00 bits per heavy atom. The zero-order valence-corrected chi connectivity index (χ0v) is 20.4. The monoisotopic (exact) mass is 482 g/mol. The number of methoxy groups -OCH3 is 1. The summed E-state index contributed by atoms with van der Waals surface area (Å²) in [6.07, 6.45) is 9.53. The molecular formula is C30H33F3O2. The van der Waals surface area contributed by atoms with Crippen LogP contribution in [-0.4, -0.2) is 12.2 Å². The van der Waals surface area contributed by atoms with Crippen molar-refractivity contribution in [3.8, 4) is 16.9 Å². The molecule has 1 aliphatic carbocycles. The van der Waals surface area contributed by atoms with Crippen molar-refractivity contribution in [1.29, 1.82) is 0 Å². The maximum absolute atomic E-state index is 14.9. The first kappa shape index (κ1) is 27.8. The Labute approximate surface area is 206 Å². The third-order valence-corrected chi connectivity index (χ3v) is 5.93. The Kier molecular flexibility index (Phi) is 10.7. The van der Waals surface area contributed by atoms with Crippen LogP contribution in [0.2, 0.25) is 0 Å². The topological polar surface area (TPSA) is 29.5 Å². The standard InChI is InChI=1S/C27H27F3O2.C3H6/c1-17(25(28)16-18(2)32-3)4-5-19-6-8-20(9-7-19)23-14-15-24(27(30)26(23)29)21-10-12-22(31)13-11-21;1-3-2/h4-5,10-16,19-20,31H,1-2,6-9H2,3H3;3H,1H2,2H3/b5-4+,25-16+;. The van der Waals surface area contributed by atoms with E-state index in [-0.39, 0.29) is 34.5 Å². The second-order valence-electron chi connectivity index (χ2n) is 8.44.